The molecule has 0 saturated carbocycles. The van der Waals surface area contributed by atoms with Crippen LogP contribution in [-0.4, -0.2) is 36.0 Å². The van der Waals surface area contributed by atoms with Crippen LogP contribution in [0.2, 0.25) is 0 Å². The number of hydrogen-bond acceptors (Lipinski definition) is 7. The summed E-state index contributed by atoms with van der Waals surface area (Å²) in [6.45, 7) is 4.74. The quantitative estimate of drug-likeness (QED) is 0.269. The Morgan fingerprint density at radius 2 is 1.73 bits per heavy atom. The summed E-state index contributed by atoms with van der Waals surface area (Å²) < 4.78 is 97.6. The standard InChI is InChI=1S/C27H28F6N4O4/c1-5-19-12-23(21-13-20(39-4)7-8-22(21)37(19)25(38)40-6-2)36(24-34-15(3)41-35-24)14-16-9-17(26(28,29)30)11-18(10-16)27(31,32)33/h7-11,13,19,23H,5-6,12,14H2,1-4H3. The second kappa shape index (κ2) is 11.5. The summed E-state index contributed by atoms with van der Waals surface area (Å²) in [5.74, 6) is 0.536. The number of halogens is 6. The molecule has 8 nitrogen and oxygen atoms in total. The third-order valence-corrected chi connectivity index (χ3v) is 6.80. The van der Waals surface area contributed by atoms with Gasteiger partial charge in [0, 0.05) is 25.1 Å². The third kappa shape index (κ3) is 6.35. The molecular weight excluding hydrogens is 558 g/mol. The van der Waals surface area contributed by atoms with Gasteiger partial charge in [0.05, 0.1) is 36.6 Å². The summed E-state index contributed by atoms with van der Waals surface area (Å²) in [6.07, 6.45) is -9.90. The molecule has 14 heteroatoms. The summed E-state index contributed by atoms with van der Waals surface area (Å²) in [6, 6.07) is 5.26. The van der Waals surface area contributed by atoms with Gasteiger partial charge in [-0.3, -0.25) is 4.90 Å². The summed E-state index contributed by atoms with van der Waals surface area (Å²) in [7, 11) is 1.44. The topological polar surface area (TPSA) is 80.9 Å². The number of methoxy groups -OCH3 is 1. The number of alkyl halides is 6. The molecule has 1 aromatic heterocycles. The van der Waals surface area contributed by atoms with Gasteiger partial charge < -0.3 is 18.9 Å². The first kappa shape index (κ1) is 30.0. The van der Waals surface area contributed by atoms with Gasteiger partial charge in [0.2, 0.25) is 5.89 Å². The maximum Gasteiger partial charge on any atom is 0.416 e. The zero-order valence-electron chi connectivity index (χ0n) is 22.6. The highest BCUT2D eigenvalue weighted by Crippen LogP contribution is 2.45. The Labute approximate surface area is 231 Å². The lowest BCUT2D eigenvalue weighted by atomic mass is 9.88. The Morgan fingerprint density at radius 1 is 1.07 bits per heavy atom. The monoisotopic (exact) mass is 586 g/mol. The van der Waals surface area contributed by atoms with Crippen LogP contribution >= 0.6 is 0 Å². The average Bonchev–Trinajstić information content (AvgIpc) is 3.35. The van der Waals surface area contributed by atoms with E-state index in [1.807, 2.05) is 6.92 Å². The zero-order chi connectivity index (χ0) is 30.1. The van der Waals surface area contributed by atoms with Gasteiger partial charge in [-0.25, -0.2) is 4.79 Å². The Hall–Kier alpha value is -3.97. The van der Waals surface area contributed by atoms with E-state index >= 15 is 0 Å². The SMILES string of the molecule is CCOC(=O)N1c2ccc(OC)cc2C(N(Cc2cc(C(F)(F)F)cc(C(F)(F)F)c2)c2noc(C)n2)CC1CC. The molecule has 0 aliphatic carbocycles. The molecular formula is C27H28F6N4O4. The minimum absolute atomic E-state index is 0.0355. The summed E-state index contributed by atoms with van der Waals surface area (Å²) in [5.41, 5.74) is -2.15. The zero-order valence-corrected chi connectivity index (χ0v) is 22.6. The first-order chi connectivity index (χ1) is 19.3. The molecule has 1 aliphatic heterocycles. The molecule has 0 spiro atoms. The van der Waals surface area contributed by atoms with Gasteiger partial charge in [-0.05, 0) is 66.9 Å². The van der Waals surface area contributed by atoms with Crippen molar-refractivity contribution in [3.63, 3.8) is 0 Å². The molecule has 2 atom stereocenters. The van der Waals surface area contributed by atoms with Crippen LogP contribution in [0.3, 0.4) is 0 Å². The van der Waals surface area contributed by atoms with Crippen LogP contribution in [0.15, 0.2) is 40.9 Å². The number of nitrogens with zero attached hydrogens (tertiary/aromatic N) is 4. The van der Waals surface area contributed by atoms with E-state index in [9.17, 15) is 31.1 Å². The smallest absolute Gasteiger partial charge is 0.416 e. The number of benzene rings is 2. The van der Waals surface area contributed by atoms with Crippen molar-refractivity contribution in [2.24, 2.45) is 0 Å². The molecule has 0 bridgehead atoms. The Morgan fingerprint density at radius 3 is 2.24 bits per heavy atom. The first-order valence-electron chi connectivity index (χ1n) is 12.8. The molecule has 41 heavy (non-hydrogen) atoms. The number of amides is 1. The fraction of sp³-hybridized carbons (Fsp3) is 0.444. The normalized spacial score (nSPS) is 17.3. The highest BCUT2D eigenvalue weighted by atomic mass is 19.4. The Kier molecular flexibility index (Phi) is 8.41. The van der Waals surface area contributed by atoms with Crippen LogP contribution in [0.4, 0.5) is 42.8 Å². The molecule has 3 aromatic rings. The second-order valence-corrected chi connectivity index (χ2v) is 9.46. The van der Waals surface area contributed by atoms with E-state index in [2.05, 4.69) is 10.1 Å². The highest BCUT2D eigenvalue weighted by molar-refractivity contribution is 5.90. The van der Waals surface area contributed by atoms with Crippen LogP contribution in [0, 0.1) is 6.92 Å². The van der Waals surface area contributed by atoms with Crippen molar-refractivity contribution in [2.45, 2.75) is 64.6 Å². The van der Waals surface area contributed by atoms with Gasteiger partial charge in [-0.2, -0.15) is 31.3 Å². The number of aryl methyl sites for hydroxylation is 1. The summed E-state index contributed by atoms with van der Waals surface area (Å²) in [4.78, 5) is 20.2. The average molecular weight is 587 g/mol. The van der Waals surface area contributed by atoms with Crippen molar-refractivity contribution in [1.29, 1.82) is 0 Å². The van der Waals surface area contributed by atoms with Crippen molar-refractivity contribution in [3.05, 3.63) is 64.5 Å². The molecule has 2 heterocycles. The maximum atomic E-state index is 13.6. The molecule has 1 aliphatic rings. The van der Waals surface area contributed by atoms with E-state index in [4.69, 9.17) is 14.0 Å². The van der Waals surface area contributed by atoms with E-state index in [-0.39, 0.29) is 36.5 Å². The predicted molar refractivity (Wildman–Crippen MR) is 136 cm³/mol. The lowest BCUT2D eigenvalue weighted by molar-refractivity contribution is -0.143. The molecule has 2 unspecified atom stereocenters. The van der Waals surface area contributed by atoms with E-state index in [0.717, 1.165) is 0 Å². The van der Waals surface area contributed by atoms with Gasteiger partial charge in [-0.1, -0.05) is 6.92 Å². The molecule has 1 amide bonds. The number of carbonyl (C=O) groups excluding carboxylic acids is 1. The van der Waals surface area contributed by atoms with Crippen LogP contribution in [0.1, 0.15) is 60.9 Å². The first-order valence-corrected chi connectivity index (χ1v) is 12.8. The van der Waals surface area contributed by atoms with Crippen LogP contribution < -0.4 is 14.5 Å². The van der Waals surface area contributed by atoms with Crippen molar-refractivity contribution in [1.82, 2.24) is 10.1 Å². The molecule has 0 saturated heterocycles. The lowest BCUT2D eigenvalue weighted by Crippen LogP contribution is -2.48. The largest absolute Gasteiger partial charge is 0.497 e. The van der Waals surface area contributed by atoms with E-state index in [1.165, 1.54) is 23.8 Å². The van der Waals surface area contributed by atoms with Crippen LogP contribution in [0.5, 0.6) is 5.75 Å². The second-order valence-electron chi connectivity index (χ2n) is 9.46. The maximum absolute atomic E-state index is 13.6. The van der Waals surface area contributed by atoms with E-state index in [1.54, 1.807) is 25.1 Å². The number of fused-ring (bicyclic) bond motifs is 1. The van der Waals surface area contributed by atoms with E-state index in [0.29, 0.717) is 35.6 Å². The van der Waals surface area contributed by atoms with Crippen molar-refractivity contribution >= 4 is 17.7 Å². The number of carbonyl (C=O) groups is 1. The number of rotatable bonds is 7. The number of ether oxygens (including phenoxy) is 2. The van der Waals surface area contributed by atoms with Crippen LogP contribution in [0.25, 0.3) is 0 Å². The van der Waals surface area contributed by atoms with Gasteiger partial charge >= 0.3 is 18.4 Å². The fourth-order valence-electron chi connectivity index (χ4n) is 4.95. The fourth-order valence-corrected chi connectivity index (χ4v) is 4.95. The van der Waals surface area contributed by atoms with Crippen molar-refractivity contribution in [3.8, 4) is 5.75 Å². The summed E-state index contributed by atoms with van der Waals surface area (Å²) in [5, 5.41) is 3.94. The molecule has 4 rings (SSSR count). The number of anilines is 2. The lowest BCUT2D eigenvalue weighted by Gasteiger charge is -2.43. The predicted octanol–water partition coefficient (Wildman–Crippen LogP) is 7.32. The van der Waals surface area contributed by atoms with Gasteiger partial charge in [0.1, 0.15) is 5.75 Å². The van der Waals surface area contributed by atoms with Gasteiger partial charge in [0.25, 0.3) is 5.95 Å². The van der Waals surface area contributed by atoms with Gasteiger partial charge in [-0.15, -0.1) is 0 Å². The summed E-state index contributed by atoms with van der Waals surface area (Å²) >= 11 is 0. The minimum Gasteiger partial charge on any atom is -0.497 e. The van der Waals surface area contributed by atoms with Crippen molar-refractivity contribution < 1.29 is 45.1 Å². The molecule has 0 radical (unpaired) electrons. The molecule has 2 aromatic carbocycles. The third-order valence-electron chi connectivity index (χ3n) is 6.80. The molecule has 222 valence electrons. The number of hydrogen-bond donors (Lipinski definition) is 0. The Balaban J connectivity index is 1.89. The highest BCUT2D eigenvalue weighted by Gasteiger charge is 2.41. The van der Waals surface area contributed by atoms with Gasteiger partial charge in [0.15, 0.2) is 0 Å². The van der Waals surface area contributed by atoms with E-state index < -0.39 is 48.2 Å². The Bertz CT molecular complexity index is 1360. The number of aromatic nitrogens is 2. The van der Waals surface area contributed by atoms with Crippen molar-refractivity contribution in [2.75, 3.05) is 23.5 Å². The minimum atomic E-state index is -5.01. The van der Waals surface area contributed by atoms with Crippen LogP contribution in [-0.2, 0) is 23.6 Å². The molecule has 0 fully saturated rings. The molecule has 0 N–H and O–H groups in total.